The number of hydrogen-bond donors (Lipinski definition) is 2. The first kappa shape index (κ1) is 15.4. The van der Waals surface area contributed by atoms with Crippen molar-refractivity contribution in [1.82, 2.24) is 20.4 Å². The van der Waals surface area contributed by atoms with Crippen LogP contribution in [-0.2, 0) is 0 Å². The molecular formula is C14H19N5OS2. The largest absolute Gasteiger partial charge is 0.336 e. The molecule has 22 heavy (non-hydrogen) atoms. The molecule has 3 rings (SSSR count). The minimum absolute atomic E-state index is 0.225. The number of nitrogens with zero attached hydrogens (tertiary/aromatic N) is 3. The molecule has 0 bridgehead atoms. The van der Waals surface area contributed by atoms with Crippen molar-refractivity contribution in [2.45, 2.75) is 25.8 Å². The second-order valence-corrected chi connectivity index (χ2v) is 7.40. The standard InChI is InChI=1S/C14H19N5OS2/c1-10-17-18-14(22-10)16-13(20)15-9-11(12-5-4-8-21-12)19-6-2-3-7-19/h4-5,8,11H,2-3,6-7,9H2,1H3,(H2,15,16,18,20). The second-order valence-electron chi connectivity index (χ2n) is 5.24. The van der Waals surface area contributed by atoms with Crippen LogP contribution in [0.5, 0.6) is 0 Å². The Morgan fingerprint density at radius 3 is 2.86 bits per heavy atom. The van der Waals surface area contributed by atoms with E-state index in [4.69, 9.17) is 0 Å². The van der Waals surface area contributed by atoms with E-state index in [1.807, 2.05) is 6.92 Å². The fourth-order valence-corrected chi connectivity index (χ4v) is 4.07. The Morgan fingerprint density at radius 1 is 1.41 bits per heavy atom. The summed E-state index contributed by atoms with van der Waals surface area (Å²) in [6, 6.07) is 4.23. The first-order valence-corrected chi connectivity index (χ1v) is 9.04. The lowest BCUT2D eigenvalue weighted by Gasteiger charge is -2.26. The highest BCUT2D eigenvalue weighted by molar-refractivity contribution is 7.15. The molecule has 1 saturated heterocycles. The van der Waals surface area contributed by atoms with Crippen molar-refractivity contribution in [2.75, 3.05) is 25.0 Å². The predicted octanol–water partition coefficient (Wildman–Crippen LogP) is 2.87. The van der Waals surface area contributed by atoms with Gasteiger partial charge in [0, 0.05) is 11.4 Å². The normalized spacial score (nSPS) is 16.6. The number of thiophene rings is 1. The number of urea groups is 1. The molecule has 8 heteroatoms. The molecule has 1 fully saturated rings. The smallest absolute Gasteiger partial charge is 0.321 e. The second kappa shape index (κ2) is 7.17. The van der Waals surface area contributed by atoms with Crippen molar-refractivity contribution in [3.63, 3.8) is 0 Å². The van der Waals surface area contributed by atoms with E-state index in [0.29, 0.717) is 11.7 Å². The van der Waals surface area contributed by atoms with Gasteiger partial charge >= 0.3 is 6.03 Å². The molecule has 0 aliphatic carbocycles. The Bertz CT molecular complexity index is 607. The van der Waals surface area contributed by atoms with E-state index >= 15 is 0 Å². The molecule has 0 spiro atoms. The summed E-state index contributed by atoms with van der Waals surface area (Å²) in [6.07, 6.45) is 2.47. The number of aromatic nitrogens is 2. The fraction of sp³-hybridized carbons (Fsp3) is 0.500. The number of amides is 2. The molecule has 0 aromatic carbocycles. The Kier molecular flexibility index (Phi) is 5.01. The molecule has 118 valence electrons. The molecule has 0 radical (unpaired) electrons. The number of rotatable bonds is 5. The van der Waals surface area contributed by atoms with Gasteiger partial charge in [-0.25, -0.2) is 4.79 Å². The van der Waals surface area contributed by atoms with Gasteiger partial charge < -0.3 is 5.32 Å². The van der Waals surface area contributed by atoms with Gasteiger partial charge in [0.15, 0.2) is 0 Å². The molecule has 2 aromatic rings. The lowest BCUT2D eigenvalue weighted by Crippen LogP contribution is -2.38. The lowest BCUT2D eigenvalue weighted by molar-refractivity contribution is 0.229. The highest BCUT2D eigenvalue weighted by atomic mass is 32.1. The third kappa shape index (κ3) is 3.82. The van der Waals surface area contributed by atoms with Crippen molar-refractivity contribution in [2.24, 2.45) is 0 Å². The molecule has 2 amide bonds. The van der Waals surface area contributed by atoms with Crippen LogP contribution in [0.4, 0.5) is 9.93 Å². The molecule has 1 atom stereocenters. The molecule has 0 saturated carbocycles. The van der Waals surface area contributed by atoms with Crippen molar-refractivity contribution in [1.29, 1.82) is 0 Å². The van der Waals surface area contributed by atoms with Gasteiger partial charge in [0.05, 0.1) is 6.04 Å². The average Bonchev–Trinajstić information content (AvgIpc) is 3.22. The Balaban J connectivity index is 1.57. The molecule has 1 aliphatic rings. The van der Waals surface area contributed by atoms with Gasteiger partial charge in [-0.1, -0.05) is 17.4 Å². The molecule has 2 aromatic heterocycles. The summed E-state index contributed by atoms with van der Waals surface area (Å²) < 4.78 is 0. The zero-order chi connectivity index (χ0) is 15.4. The van der Waals surface area contributed by atoms with Gasteiger partial charge in [-0.05, 0) is 44.3 Å². The van der Waals surface area contributed by atoms with E-state index in [1.165, 1.54) is 29.1 Å². The average molecular weight is 337 g/mol. The van der Waals surface area contributed by atoms with Crippen molar-refractivity contribution in [3.05, 3.63) is 27.4 Å². The van der Waals surface area contributed by atoms with Gasteiger partial charge in [-0.2, -0.15) is 0 Å². The molecule has 1 aliphatic heterocycles. The van der Waals surface area contributed by atoms with Crippen LogP contribution in [0, 0.1) is 6.92 Å². The minimum Gasteiger partial charge on any atom is -0.336 e. The minimum atomic E-state index is -0.225. The Labute approximate surface area is 137 Å². The van der Waals surface area contributed by atoms with E-state index in [0.717, 1.165) is 18.1 Å². The number of aryl methyl sites for hydroxylation is 1. The van der Waals surface area contributed by atoms with Crippen LogP contribution < -0.4 is 10.6 Å². The summed E-state index contributed by atoms with van der Waals surface area (Å²) in [5.41, 5.74) is 0. The summed E-state index contributed by atoms with van der Waals surface area (Å²) in [7, 11) is 0. The summed E-state index contributed by atoms with van der Waals surface area (Å²) in [4.78, 5) is 15.8. The summed E-state index contributed by atoms with van der Waals surface area (Å²) >= 11 is 3.11. The quantitative estimate of drug-likeness (QED) is 0.880. The third-order valence-electron chi connectivity index (χ3n) is 3.66. The predicted molar refractivity (Wildman–Crippen MR) is 89.5 cm³/mol. The fourth-order valence-electron chi connectivity index (χ4n) is 2.62. The topological polar surface area (TPSA) is 70.1 Å². The number of carbonyl (C=O) groups is 1. The number of carbonyl (C=O) groups excluding carboxylic acids is 1. The van der Waals surface area contributed by atoms with Gasteiger partial charge in [0.25, 0.3) is 0 Å². The Morgan fingerprint density at radius 2 is 2.23 bits per heavy atom. The van der Waals surface area contributed by atoms with Crippen molar-refractivity contribution in [3.8, 4) is 0 Å². The first-order valence-electron chi connectivity index (χ1n) is 7.35. The SMILES string of the molecule is Cc1nnc(NC(=O)NCC(c2cccs2)N2CCCC2)s1. The molecular weight excluding hydrogens is 318 g/mol. The summed E-state index contributed by atoms with van der Waals surface area (Å²) in [5.74, 6) is 0. The van der Waals surface area contributed by atoms with Crippen LogP contribution in [0.3, 0.4) is 0 Å². The number of nitrogens with one attached hydrogen (secondary N) is 2. The van der Waals surface area contributed by atoms with Gasteiger partial charge in [0.2, 0.25) is 5.13 Å². The van der Waals surface area contributed by atoms with E-state index in [-0.39, 0.29) is 12.1 Å². The summed E-state index contributed by atoms with van der Waals surface area (Å²) in [5, 5.41) is 16.9. The molecule has 6 nitrogen and oxygen atoms in total. The van der Waals surface area contributed by atoms with Crippen LogP contribution >= 0.6 is 22.7 Å². The molecule has 3 heterocycles. The first-order chi connectivity index (χ1) is 10.7. The van der Waals surface area contributed by atoms with Crippen LogP contribution in [0.2, 0.25) is 0 Å². The maximum Gasteiger partial charge on any atom is 0.321 e. The lowest BCUT2D eigenvalue weighted by atomic mass is 10.2. The van der Waals surface area contributed by atoms with Gasteiger partial charge in [-0.15, -0.1) is 21.5 Å². The van der Waals surface area contributed by atoms with E-state index in [9.17, 15) is 4.79 Å². The number of likely N-dealkylation sites (tertiary alicyclic amines) is 1. The molecule has 2 N–H and O–H groups in total. The third-order valence-corrected chi connectivity index (χ3v) is 5.38. The zero-order valence-electron chi connectivity index (χ0n) is 12.4. The number of anilines is 1. The maximum absolute atomic E-state index is 12.0. The highest BCUT2D eigenvalue weighted by Crippen LogP contribution is 2.27. The monoisotopic (exact) mass is 337 g/mol. The van der Waals surface area contributed by atoms with Crippen LogP contribution in [0.1, 0.15) is 28.8 Å². The van der Waals surface area contributed by atoms with Crippen LogP contribution in [-0.4, -0.2) is 40.8 Å². The Hall–Kier alpha value is -1.51. The number of hydrogen-bond acceptors (Lipinski definition) is 6. The van der Waals surface area contributed by atoms with Crippen LogP contribution in [0.25, 0.3) is 0 Å². The molecule has 1 unspecified atom stereocenters. The van der Waals surface area contributed by atoms with Crippen molar-refractivity contribution < 1.29 is 4.79 Å². The zero-order valence-corrected chi connectivity index (χ0v) is 14.0. The van der Waals surface area contributed by atoms with E-state index in [1.54, 1.807) is 11.3 Å². The van der Waals surface area contributed by atoms with Gasteiger partial charge in [0.1, 0.15) is 5.01 Å². The van der Waals surface area contributed by atoms with Gasteiger partial charge in [-0.3, -0.25) is 10.2 Å². The van der Waals surface area contributed by atoms with Crippen LogP contribution in [0.15, 0.2) is 17.5 Å². The maximum atomic E-state index is 12.0. The van der Waals surface area contributed by atoms with E-state index in [2.05, 4.69) is 43.2 Å². The van der Waals surface area contributed by atoms with Crippen molar-refractivity contribution >= 4 is 33.8 Å². The highest BCUT2D eigenvalue weighted by Gasteiger charge is 2.24. The van der Waals surface area contributed by atoms with E-state index < -0.39 is 0 Å². The summed E-state index contributed by atoms with van der Waals surface area (Å²) in [6.45, 7) is 4.66.